The van der Waals surface area contributed by atoms with Gasteiger partial charge in [-0.1, -0.05) is 32.4 Å². The molecule has 0 heterocycles. The monoisotopic (exact) mass is 381 g/mol. The van der Waals surface area contributed by atoms with Gasteiger partial charge >= 0.3 is 5.97 Å². The molecule has 1 aromatic rings. The molecule has 6 heteroatoms. The van der Waals surface area contributed by atoms with Crippen LogP contribution >= 0.6 is 11.6 Å². The molecule has 0 aromatic heterocycles. The predicted molar refractivity (Wildman–Crippen MR) is 102 cm³/mol. The van der Waals surface area contributed by atoms with Crippen LogP contribution in [0.25, 0.3) is 0 Å². The van der Waals surface area contributed by atoms with Gasteiger partial charge in [0, 0.05) is 36.5 Å². The first-order valence-corrected chi connectivity index (χ1v) is 9.26. The van der Waals surface area contributed by atoms with Crippen LogP contribution in [0.2, 0.25) is 5.02 Å². The molecule has 0 aliphatic rings. The largest absolute Gasteiger partial charge is 0.469 e. The van der Waals surface area contributed by atoms with E-state index in [9.17, 15) is 14.4 Å². The van der Waals surface area contributed by atoms with Crippen molar-refractivity contribution >= 4 is 29.3 Å². The standard InChI is InChI=1S/C20H28ClNO4/c1-14(2)11-12-22(13-15(3)20(25)26-4)19(24)10-9-18(23)16-5-7-17(21)8-6-16/h5-8,14-15H,9-13H2,1-4H3. The summed E-state index contributed by atoms with van der Waals surface area (Å²) in [7, 11) is 1.34. The van der Waals surface area contributed by atoms with E-state index in [1.807, 2.05) is 0 Å². The number of carbonyl (C=O) groups excluding carboxylic acids is 3. The molecule has 1 unspecified atom stereocenters. The number of hydrogen-bond acceptors (Lipinski definition) is 4. The van der Waals surface area contributed by atoms with E-state index >= 15 is 0 Å². The molecule has 5 nitrogen and oxygen atoms in total. The van der Waals surface area contributed by atoms with Crippen LogP contribution < -0.4 is 0 Å². The molecule has 144 valence electrons. The third-order valence-electron chi connectivity index (χ3n) is 4.16. The highest BCUT2D eigenvalue weighted by atomic mass is 35.5. The predicted octanol–water partition coefficient (Wildman–Crippen LogP) is 3.99. The summed E-state index contributed by atoms with van der Waals surface area (Å²) in [6.07, 6.45) is 1.09. The number of Topliss-reactive ketones (excluding diaryl/α,β-unsaturated/α-hetero) is 1. The van der Waals surface area contributed by atoms with Gasteiger partial charge in [0.2, 0.25) is 5.91 Å². The summed E-state index contributed by atoms with van der Waals surface area (Å²) in [5, 5.41) is 0.564. The zero-order valence-electron chi connectivity index (χ0n) is 16.0. The first-order valence-electron chi connectivity index (χ1n) is 8.89. The van der Waals surface area contributed by atoms with Crippen LogP contribution in [0.1, 0.15) is 50.4 Å². The molecule has 0 fully saturated rings. The number of ether oxygens (including phenoxy) is 1. The van der Waals surface area contributed by atoms with Crippen molar-refractivity contribution in [2.45, 2.75) is 40.0 Å². The Morgan fingerprint density at radius 3 is 2.23 bits per heavy atom. The Morgan fingerprint density at radius 2 is 1.69 bits per heavy atom. The molecule has 26 heavy (non-hydrogen) atoms. The highest BCUT2D eigenvalue weighted by molar-refractivity contribution is 6.30. The van der Waals surface area contributed by atoms with Gasteiger partial charge in [0.25, 0.3) is 0 Å². The van der Waals surface area contributed by atoms with Crippen molar-refractivity contribution < 1.29 is 19.1 Å². The van der Waals surface area contributed by atoms with Crippen LogP contribution in [0.3, 0.4) is 0 Å². The maximum atomic E-state index is 12.6. The van der Waals surface area contributed by atoms with E-state index in [4.69, 9.17) is 16.3 Å². The van der Waals surface area contributed by atoms with Crippen LogP contribution in [0.15, 0.2) is 24.3 Å². The van der Waals surface area contributed by atoms with Gasteiger partial charge in [0.05, 0.1) is 13.0 Å². The Bertz CT molecular complexity index is 613. The second-order valence-corrected chi connectivity index (χ2v) is 7.31. The van der Waals surface area contributed by atoms with E-state index in [1.165, 1.54) is 7.11 Å². The summed E-state index contributed by atoms with van der Waals surface area (Å²) >= 11 is 5.82. The topological polar surface area (TPSA) is 63.7 Å². The lowest BCUT2D eigenvalue weighted by Crippen LogP contribution is -2.38. The van der Waals surface area contributed by atoms with Crippen molar-refractivity contribution in [1.82, 2.24) is 4.90 Å². The van der Waals surface area contributed by atoms with Crippen LogP contribution in [-0.4, -0.2) is 42.8 Å². The van der Waals surface area contributed by atoms with Crippen molar-refractivity contribution in [1.29, 1.82) is 0 Å². The lowest BCUT2D eigenvalue weighted by molar-refractivity contribution is -0.146. The Balaban J connectivity index is 2.66. The maximum Gasteiger partial charge on any atom is 0.310 e. The molecule has 1 amide bonds. The van der Waals surface area contributed by atoms with Crippen molar-refractivity contribution in [3.05, 3.63) is 34.9 Å². The molecule has 1 rings (SSSR count). The number of carbonyl (C=O) groups is 3. The molecule has 0 spiro atoms. The SMILES string of the molecule is COC(=O)C(C)CN(CCC(C)C)C(=O)CCC(=O)c1ccc(Cl)cc1. The van der Waals surface area contributed by atoms with Gasteiger partial charge in [0.15, 0.2) is 5.78 Å². The molecule has 0 saturated carbocycles. The quantitative estimate of drug-likeness (QED) is 0.454. The highest BCUT2D eigenvalue weighted by Gasteiger charge is 2.22. The van der Waals surface area contributed by atoms with E-state index < -0.39 is 5.92 Å². The van der Waals surface area contributed by atoms with Gasteiger partial charge in [-0.3, -0.25) is 14.4 Å². The van der Waals surface area contributed by atoms with E-state index in [0.29, 0.717) is 29.6 Å². The van der Waals surface area contributed by atoms with Gasteiger partial charge < -0.3 is 9.64 Å². The van der Waals surface area contributed by atoms with Gasteiger partial charge in [-0.05, 0) is 36.6 Å². The fourth-order valence-electron chi connectivity index (χ4n) is 2.50. The van der Waals surface area contributed by atoms with E-state index in [-0.39, 0.29) is 30.5 Å². The van der Waals surface area contributed by atoms with E-state index in [2.05, 4.69) is 13.8 Å². The van der Waals surface area contributed by atoms with Crippen LogP contribution in [0.5, 0.6) is 0 Å². The number of hydrogen-bond donors (Lipinski definition) is 0. The summed E-state index contributed by atoms with van der Waals surface area (Å²) in [6, 6.07) is 6.63. The Kier molecular flexibility index (Phi) is 9.35. The molecular formula is C20H28ClNO4. The molecular weight excluding hydrogens is 354 g/mol. The molecule has 0 aliphatic carbocycles. The van der Waals surface area contributed by atoms with Crippen LogP contribution in [0.4, 0.5) is 0 Å². The fourth-order valence-corrected chi connectivity index (χ4v) is 2.62. The number of halogens is 1. The van der Waals surface area contributed by atoms with Crippen molar-refractivity contribution in [3.8, 4) is 0 Å². The zero-order valence-corrected chi connectivity index (χ0v) is 16.7. The smallest absolute Gasteiger partial charge is 0.310 e. The van der Waals surface area contributed by atoms with E-state index in [1.54, 1.807) is 36.1 Å². The summed E-state index contributed by atoms with van der Waals surface area (Å²) in [4.78, 5) is 38.2. The number of rotatable bonds is 10. The lowest BCUT2D eigenvalue weighted by atomic mass is 10.0. The average Bonchev–Trinajstić information content (AvgIpc) is 2.62. The molecule has 0 bridgehead atoms. The van der Waals surface area contributed by atoms with Gasteiger partial charge in [0.1, 0.15) is 0 Å². The maximum absolute atomic E-state index is 12.6. The Labute approximate surface area is 160 Å². The zero-order chi connectivity index (χ0) is 19.7. The number of methoxy groups -OCH3 is 1. The second kappa shape index (κ2) is 11.0. The van der Waals surface area contributed by atoms with Crippen molar-refractivity contribution in [2.75, 3.05) is 20.2 Å². The van der Waals surface area contributed by atoms with Crippen molar-refractivity contribution in [3.63, 3.8) is 0 Å². The summed E-state index contributed by atoms with van der Waals surface area (Å²) in [5.74, 6) is -0.523. The molecule has 0 radical (unpaired) electrons. The third kappa shape index (κ3) is 7.56. The van der Waals surface area contributed by atoms with Gasteiger partial charge in [-0.2, -0.15) is 0 Å². The van der Waals surface area contributed by atoms with Gasteiger partial charge in [-0.15, -0.1) is 0 Å². The Morgan fingerprint density at radius 1 is 1.08 bits per heavy atom. The molecule has 0 saturated heterocycles. The molecule has 1 aromatic carbocycles. The van der Waals surface area contributed by atoms with Crippen LogP contribution in [-0.2, 0) is 14.3 Å². The minimum Gasteiger partial charge on any atom is -0.469 e. The molecule has 1 atom stereocenters. The van der Waals surface area contributed by atoms with Crippen LogP contribution in [0, 0.1) is 11.8 Å². The molecule has 0 aliphatic heterocycles. The summed E-state index contributed by atoms with van der Waals surface area (Å²) in [5.41, 5.74) is 0.541. The summed E-state index contributed by atoms with van der Waals surface area (Å²) in [6.45, 7) is 6.76. The minimum atomic E-state index is -0.400. The van der Waals surface area contributed by atoms with E-state index in [0.717, 1.165) is 6.42 Å². The first kappa shape index (κ1) is 22.2. The van der Waals surface area contributed by atoms with Crippen molar-refractivity contribution in [2.24, 2.45) is 11.8 Å². The number of benzene rings is 1. The average molecular weight is 382 g/mol. The molecule has 0 N–H and O–H groups in total. The first-order chi connectivity index (χ1) is 12.2. The summed E-state index contributed by atoms with van der Waals surface area (Å²) < 4.78 is 4.74. The minimum absolute atomic E-state index is 0.0974. The fraction of sp³-hybridized carbons (Fsp3) is 0.550. The normalized spacial score (nSPS) is 11.9. The number of ketones is 1. The second-order valence-electron chi connectivity index (χ2n) is 6.88. The highest BCUT2D eigenvalue weighted by Crippen LogP contribution is 2.14. The Hall–Kier alpha value is -1.88. The third-order valence-corrected chi connectivity index (χ3v) is 4.41. The lowest BCUT2D eigenvalue weighted by Gasteiger charge is -2.26. The van der Waals surface area contributed by atoms with Gasteiger partial charge in [-0.25, -0.2) is 0 Å². The number of amides is 1. The number of nitrogens with zero attached hydrogens (tertiary/aromatic N) is 1. The number of esters is 1.